The molecule has 0 aliphatic carbocycles. The molecule has 6 heteroatoms. The summed E-state index contributed by atoms with van der Waals surface area (Å²) in [5.74, 6) is 1.41. The van der Waals surface area contributed by atoms with Gasteiger partial charge in [-0.1, -0.05) is 32.9 Å². The zero-order valence-electron chi connectivity index (χ0n) is 16.3. The molecule has 6 nitrogen and oxygen atoms in total. The smallest absolute Gasteiger partial charge is 0.407 e. The van der Waals surface area contributed by atoms with Crippen LogP contribution >= 0.6 is 0 Å². The third-order valence-corrected chi connectivity index (χ3v) is 4.28. The van der Waals surface area contributed by atoms with Crippen molar-refractivity contribution in [1.82, 2.24) is 4.90 Å². The molecular weight excluding hydrogens is 344 g/mol. The summed E-state index contributed by atoms with van der Waals surface area (Å²) >= 11 is 0. The van der Waals surface area contributed by atoms with Gasteiger partial charge in [0.2, 0.25) is 0 Å². The minimum absolute atomic E-state index is 0.236. The quantitative estimate of drug-likeness (QED) is 0.710. The van der Waals surface area contributed by atoms with Crippen molar-refractivity contribution in [3.05, 3.63) is 54.1 Å². The largest absolute Gasteiger partial charge is 0.497 e. The van der Waals surface area contributed by atoms with Crippen molar-refractivity contribution in [2.75, 3.05) is 19.4 Å². The number of hydrogen-bond acceptors (Lipinski definition) is 4. The second-order valence-electron chi connectivity index (χ2n) is 7.56. The van der Waals surface area contributed by atoms with Crippen molar-refractivity contribution < 1.29 is 19.4 Å². The maximum atomic E-state index is 11.8. The Hall–Kier alpha value is -2.89. The molecule has 0 aliphatic heterocycles. The fourth-order valence-corrected chi connectivity index (χ4v) is 2.63. The van der Waals surface area contributed by atoms with Gasteiger partial charge >= 0.3 is 6.09 Å². The van der Waals surface area contributed by atoms with E-state index in [0.717, 1.165) is 11.3 Å². The third-order valence-electron chi connectivity index (χ3n) is 4.28. The third kappa shape index (κ3) is 6.09. The summed E-state index contributed by atoms with van der Waals surface area (Å²) in [6, 6.07) is 14.5. The van der Waals surface area contributed by atoms with E-state index in [1.165, 1.54) is 4.90 Å². The highest BCUT2D eigenvalue weighted by Crippen LogP contribution is 2.27. The van der Waals surface area contributed by atoms with E-state index in [1.54, 1.807) is 19.2 Å². The number of methoxy groups -OCH3 is 1. The van der Waals surface area contributed by atoms with Gasteiger partial charge in [0.05, 0.1) is 13.7 Å². The molecule has 0 aromatic heterocycles. The fraction of sp³-hybridized carbons (Fsp3) is 0.381. The Morgan fingerprint density at radius 2 is 1.78 bits per heavy atom. The first kappa shape index (κ1) is 20.4. The van der Waals surface area contributed by atoms with Crippen LogP contribution in [0.1, 0.15) is 26.3 Å². The van der Waals surface area contributed by atoms with Crippen molar-refractivity contribution in [3.8, 4) is 11.5 Å². The van der Waals surface area contributed by atoms with Gasteiger partial charge in [-0.2, -0.15) is 0 Å². The van der Waals surface area contributed by atoms with Crippen LogP contribution in [0.25, 0.3) is 0 Å². The van der Waals surface area contributed by atoms with Gasteiger partial charge in [-0.3, -0.25) is 0 Å². The van der Waals surface area contributed by atoms with E-state index in [2.05, 4.69) is 0 Å². The van der Waals surface area contributed by atoms with Gasteiger partial charge in [0, 0.05) is 17.6 Å². The number of carboxylic acid groups (broad SMARTS) is 1. The van der Waals surface area contributed by atoms with Crippen LogP contribution in [0.5, 0.6) is 11.5 Å². The van der Waals surface area contributed by atoms with Crippen molar-refractivity contribution >= 4 is 11.8 Å². The molecule has 2 aromatic carbocycles. The molecule has 0 spiro atoms. The SMILES string of the molecule is COc1ccc(OC(CN(Cc2cccc(N)c2)C(=O)O)C(C)(C)C)cc1. The summed E-state index contributed by atoms with van der Waals surface area (Å²) in [5, 5.41) is 9.68. The molecule has 2 rings (SSSR count). The van der Waals surface area contributed by atoms with E-state index < -0.39 is 6.09 Å². The van der Waals surface area contributed by atoms with Gasteiger partial charge in [0.25, 0.3) is 0 Å². The molecule has 0 heterocycles. The normalized spacial score (nSPS) is 12.3. The summed E-state index contributed by atoms with van der Waals surface area (Å²) in [4.78, 5) is 13.2. The van der Waals surface area contributed by atoms with E-state index in [4.69, 9.17) is 15.2 Å². The molecule has 0 aliphatic rings. The average Bonchev–Trinajstić information content (AvgIpc) is 2.60. The van der Waals surface area contributed by atoms with Crippen molar-refractivity contribution in [3.63, 3.8) is 0 Å². The number of ether oxygens (including phenoxy) is 2. The predicted molar refractivity (Wildman–Crippen MR) is 106 cm³/mol. The highest BCUT2D eigenvalue weighted by atomic mass is 16.5. The van der Waals surface area contributed by atoms with Crippen LogP contribution < -0.4 is 15.2 Å². The van der Waals surface area contributed by atoms with Gasteiger partial charge in [-0.05, 0) is 42.0 Å². The first-order valence-electron chi connectivity index (χ1n) is 8.82. The first-order chi connectivity index (χ1) is 12.7. The molecule has 0 bridgehead atoms. The zero-order valence-corrected chi connectivity index (χ0v) is 16.3. The predicted octanol–water partition coefficient (Wildman–Crippen LogP) is 4.25. The maximum absolute atomic E-state index is 11.8. The van der Waals surface area contributed by atoms with Gasteiger partial charge < -0.3 is 25.2 Å². The van der Waals surface area contributed by atoms with Crippen LogP contribution in [-0.4, -0.2) is 35.9 Å². The molecule has 2 aromatic rings. The van der Waals surface area contributed by atoms with E-state index in [9.17, 15) is 9.90 Å². The minimum atomic E-state index is -0.995. The summed E-state index contributed by atoms with van der Waals surface area (Å²) < 4.78 is 11.3. The van der Waals surface area contributed by atoms with Crippen LogP contribution in [0.15, 0.2) is 48.5 Å². The second kappa shape index (κ2) is 8.66. The van der Waals surface area contributed by atoms with E-state index in [0.29, 0.717) is 11.4 Å². The lowest BCUT2D eigenvalue weighted by Gasteiger charge is -2.34. The molecule has 0 saturated heterocycles. The summed E-state index contributed by atoms with van der Waals surface area (Å²) in [7, 11) is 1.61. The lowest BCUT2D eigenvalue weighted by molar-refractivity contribution is 0.0459. The molecule has 1 atom stereocenters. The Morgan fingerprint density at radius 3 is 2.30 bits per heavy atom. The molecule has 146 valence electrons. The number of benzene rings is 2. The van der Waals surface area contributed by atoms with Crippen LogP contribution in [0.3, 0.4) is 0 Å². The first-order valence-corrected chi connectivity index (χ1v) is 8.82. The topological polar surface area (TPSA) is 85.0 Å². The van der Waals surface area contributed by atoms with E-state index in [1.807, 2.05) is 57.2 Å². The number of rotatable bonds is 7. The average molecular weight is 372 g/mol. The standard InChI is InChI=1S/C21H28N2O4/c1-21(2,3)19(27-18-10-8-17(26-4)9-11-18)14-23(20(24)25)13-15-6-5-7-16(22)12-15/h5-12,19H,13-14,22H2,1-4H3,(H,24,25). The number of carbonyl (C=O) groups is 1. The molecule has 3 N–H and O–H groups in total. The molecule has 0 radical (unpaired) electrons. The van der Waals surface area contributed by atoms with Crippen LogP contribution in [0.2, 0.25) is 0 Å². The summed E-state index contributed by atoms with van der Waals surface area (Å²) in [6.45, 7) is 6.57. The number of nitrogens with zero attached hydrogens (tertiary/aromatic N) is 1. The Balaban J connectivity index is 2.17. The van der Waals surface area contributed by atoms with Gasteiger partial charge in [0.1, 0.15) is 17.6 Å². The lowest BCUT2D eigenvalue weighted by atomic mass is 9.88. The number of hydrogen-bond donors (Lipinski definition) is 2. The number of anilines is 1. The zero-order chi connectivity index (χ0) is 20.0. The molecule has 1 unspecified atom stereocenters. The molecule has 0 fully saturated rings. The van der Waals surface area contributed by atoms with E-state index >= 15 is 0 Å². The number of nitrogens with two attached hydrogens (primary N) is 1. The summed E-state index contributed by atoms with van der Waals surface area (Å²) in [5.41, 5.74) is 7.00. The highest BCUT2D eigenvalue weighted by molar-refractivity contribution is 5.65. The Labute approximate surface area is 160 Å². The van der Waals surface area contributed by atoms with Crippen molar-refractivity contribution in [2.24, 2.45) is 5.41 Å². The fourth-order valence-electron chi connectivity index (χ4n) is 2.63. The second-order valence-corrected chi connectivity index (χ2v) is 7.56. The van der Waals surface area contributed by atoms with Crippen molar-refractivity contribution in [1.29, 1.82) is 0 Å². The Bertz CT molecular complexity index is 754. The van der Waals surface area contributed by atoms with E-state index in [-0.39, 0.29) is 24.6 Å². The summed E-state index contributed by atoms with van der Waals surface area (Å²) in [6.07, 6.45) is -1.33. The Kier molecular flexibility index (Phi) is 6.55. The number of nitrogen functional groups attached to an aromatic ring is 1. The highest BCUT2D eigenvalue weighted by Gasteiger charge is 2.30. The van der Waals surface area contributed by atoms with Gasteiger partial charge in [0.15, 0.2) is 0 Å². The lowest BCUT2D eigenvalue weighted by Crippen LogP contribution is -2.44. The van der Waals surface area contributed by atoms with Gasteiger partial charge in [-0.25, -0.2) is 4.79 Å². The number of amides is 1. The molecule has 1 amide bonds. The molecular formula is C21H28N2O4. The van der Waals surface area contributed by atoms with Gasteiger partial charge in [-0.15, -0.1) is 0 Å². The molecule has 0 saturated carbocycles. The molecule has 27 heavy (non-hydrogen) atoms. The van der Waals surface area contributed by atoms with Crippen LogP contribution in [0, 0.1) is 5.41 Å². The Morgan fingerprint density at radius 1 is 1.15 bits per heavy atom. The van der Waals surface area contributed by atoms with Crippen LogP contribution in [0.4, 0.5) is 10.5 Å². The monoisotopic (exact) mass is 372 g/mol. The minimum Gasteiger partial charge on any atom is -0.497 e. The van der Waals surface area contributed by atoms with Crippen molar-refractivity contribution in [2.45, 2.75) is 33.4 Å². The maximum Gasteiger partial charge on any atom is 0.407 e. The van der Waals surface area contributed by atoms with Crippen LogP contribution in [-0.2, 0) is 6.54 Å².